The van der Waals surface area contributed by atoms with Crippen LogP contribution in [-0.4, -0.2) is 24.0 Å². The second-order valence-corrected chi connectivity index (χ2v) is 5.88. The van der Waals surface area contributed by atoms with Gasteiger partial charge in [0.05, 0.1) is 6.04 Å². The molecule has 1 heterocycles. The third kappa shape index (κ3) is 3.51. The number of hydrogen-bond acceptors (Lipinski definition) is 3. The maximum absolute atomic E-state index is 11.1. The molecule has 3 heteroatoms. The molecule has 0 radical (unpaired) electrons. The molecule has 23 heavy (non-hydrogen) atoms. The minimum absolute atomic E-state index is 0.228. The quantitative estimate of drug-likeness (QED) is 0.633. The highest BCUT2D eigenvalue weighted by Gasteiger charge is 2.31. The second-order valence-electron chi connectivity index (χ2n) is 5.88. The number of carbonyl (C=O) groups is 1. The van der Waals surface area contributed by atoms with Crippen LogP contribution in [0.25, 0.3) is 0 Å². The third-order valence-corrected chi connectivity index (χ3v) is 4.18. The van der Waals surface area contributed by atoms with Gasteiger partial charge in [0.25, 0.3) is 0 Å². The Morgan fingerprint density at radius 2 is 1.39 bits per heavy atom. The van der Waals surface area contributed by atoms with Crippen molar-refractivity contribution in [1.82, 2.24) is 4.90 Å². The molecule has 1 aliphatic rings. The molecule has 3 rings (SSSR count). The lowest BCUT2D eigenvalue weighted by molar-refractivity contribution is -0.137. The minimum atomic E-state index is -0.254. The highest BCUT2D eigenvalue weighted by atomic mass is 16.5. The summed E-state index contributed by atoms with van der Waals surface area (Å²) in [5, 5.41) is 0. The normalized spacial score (nSPS) is 14.5. The summed E-state index contributed by atoms with van der Waals surface area (Å²) >= 11 is 0. The van der Waals surface area contributed by atoms with Crippen molar-refractivity contribution < 1.29 is 9.53 Å². The van der Waals surface area contributed by atoms with E-state index in [9.17, 15) is 4.79 Å². The van der Waals surface area contributed by atoms with Crippen LogP contribution in [0.2, 0.25) is 0 Å². The third-order valence-electron chi connectivity index (χ3n) is 4.18. The Bertz CT molecular complexity index is 659. The van der Waals surface area contributed by atoms with Crippen molar-refractivity contribution in [1.29, 1.82) is 0 Å². The number of carbonyl (C=O) groups excluding carboxylic acids is 1. The number of hydrogen-bond donors (Lipinski definition) is 0. The van der Waals surface area contributed by atoms with Crippen molar-refractivity contribution in [2.24, 2.45) is 0 Å². The summed E-state index contributed by atoms with van der Waals surface area (Å²) in [6.45, 7) is 4.96. The van der Waals surface area contributed by atoms with Crippen LogP contribution >= 0.6 is 0 Å². The molecule has 1 saturated heterocycles. The zero-order chi connectivity index (χ0) is 16.2. The number of ether oxygens (including phenoxy) is 1. The molecule has 118 valence electrons. The predicted molar refractivity (Wildman–Crippen MR) is 90.8 cm³/mol. The Kier molecular flexibility index (Phi) is 4.58. The molecule has 3 nitrogen and oxygen atoms in total. The van der Waals surface area contributed by atoms with E-state index in [4.69, 9.17) is 4.74 Å². The van der Waals surface area contributed by atoms with Crippen molar-refractivity contribution >= 4 is 5.97 Å². The van der Waals surface area contributed by atoms with Crippen LogP contribution in [0.3, 0.4) is 0 Å². The van der Waals surface area contributed by atoms with Gasteiger partial charge in [0.1, 0.15) is 5.76 Å². The van der Waals surface area contributed by atoms with E-state index in [2.05, 4.69) is 53.4 Å². The standard InChI is InChI=1S/C20H21NO2/c1-15(23-16(2)22)19-13-21(14-19)20(17-9-5-3-6-10-17)18-11-7-4-8-12-18/h3-12,20H,13-14H2,1-2H3. The molecule has 0 N–H and O–H groups in total. The van der Waals surface area contributed by atoms with Crippen LogP contribution in [-0.2, 0) is 9.53 Å². The van der Waals surface area contributed by atoms with E-state index in [1.54, 1.807) is 0 Å². The maximum Gasteiger partial charge on any atom is 0.307 e. The molecule has 0 amide bonds. The SMILES string of the molecule is CC(=O)OC(C)=C1CN(C(c2ccccc2)c2ccccc2)C1. The first-order valence-corrected chi connectivity index (χ1v) is 7.86. The minimum Gasteiger partial charge on any atom is -0.432 e. The zero-order valence-electron chi connectivity index (χ0n) is 13.5. The summed E-state index contributed by atoms with van der Waals surface area (Å²) in [5.74, 6) is 0.491. The van der Waals surface area contributed by atoms with Gasteiger partial charge in [-0.2, -0.15) is 0 Å². The maximum atomic E-state index is 11.1. The summed E-state index contributed by atoms with van der Waals surface area (Å²) < 4.78 is 5.21. The molecule has 0 atom stereocenters. The van der Waals surface area contributed by atoms with E-state index in [0.29, 0.717) is 0 Å². The van der Waals surface area contributed by atoms with Crippen molar-refractivity contribution in [3.63, 3.8) is 0 Å². The molecule has 0 bridgehead atoms. The monoisotopic (exact) mass is 307 g/mol. The van der Waals surface area contributed by atoms with E-state index in [0.717, 1.165) is 18.8 Å². The summed E-state index contributed by atoms with van der Waals surface area (Å²) in [5.41, 5.74) is 3.75. The van der Waals surface area contributed by atoms with E-state index in [1.165, 1.54) is 23.6 Å². The van der Waals surface area contributed by atoms with Crippen molar-refractivity contribution in [3.8, 4) is 0 Å². The summed E-state index contributed by atoms with van der Waals surface area (Å²) in [6, 6.07) is 21.3. The van der Waals surface area contributed by atoms with Gasteiger partial charge in [-0.25, -0.2) is 0 Å². The molecular weight excluding hydrogens is 286 g/mol. The lowest BCUT2D eigenvalue weighted by atomic mass is 9.92. The van der Waals surface area contributed by atoms with Crippen LogP contribution < -0.4 is 0 Å². The number of benzene rings is 2. The highest BCUT2D eigenvalue weighted by molar-refractivity contribution is 5.67. The highest BCUT2D eigenvalue weighted by Crippen LogP contribution is 2.34. The fourth-order valence-electron chi connectivity index (χ4n) is 3.02. The van der Waals surface area contributed by atoms with Crippen LogP contribution in [0, 0.1) is 0 Å². The smallest absolute Gasteiger partial charge is 0.307 e. The van der Waals surface area contributed by atoms with Gasteiger partial charge < -0.3 is 4.74 Å². The van der Waals surface area contributed by atoms with Crippen LogP contribution in [0.5, 0.6) is 0 Å². The first-order valence-electron chi connectivity index (χ1n) is 7.86. The van der Waals surface area contributed by atoms with Crippen molar-refractivity contribution in [2.45, 2.75) is 19.9 Å². The van der Waals surface area contributed by atoms with Crippen molar-refractivity contribution in [2.75, 3.05) is 13.1 Å². The summed E-state index contributed by atoms with van der Waals surface area (Å²) in [7, 11) is 0. The lowest BCUT2D eigenvalue weighted by Gasteiger charge is -2.41. The van der Waals surface area contributed by atoms with Gasteiger partial charge in [-0.1, -0.05) is 60.7 Å². The summed E-state index contributed by atoms with van der Waals surface area (Å²) in [4.78, 5) is 13.5. The Balaban J connectivity index is 1.84. The molecule has 1 aliphatic heterocycles. The van der Waals surface area contributed by atoms with E-state index in [-0.39, 0.29) is 12.0 Å². The van der Waals surface area contributed by atoms with Gasteiger partial charge in [-0.05, 0) is 23.6 Å². The lowest BCUT2D eigenvalue weighted by Crippen LogP contribution is -2.44. The van der Waals surface area contributed by atoms with Gasteiger partial charge in [-0.15, -0.1) is 0 Å². The number of allylic oxidation sites excluding steroid dienone is 1. The zero-order valence-corrected chi connectivity index (χ0v) is 13.5. The Morgan fingerprint density at radius 1 is 0.913 bits per heavy atom. The fraction of sp³-hybridized carbons (Fsp3) is 0.250. The van der Waals surface area contributed by atoms with Gasteiger partial charge in [0.15, 0.2) is 0 Å². The molecule has 2 aromatic carbocycles. The first kappa shape index (κ1) is 15.5. The molecule has 0 spiro atoms. The van der Waals surface area contributed by atoms with Gasteiger partial charge in [0.2, 0.25) is 0 Å². The van der Waals surface area contributed by atoms with Gasteiger partial charge >= 0.3 is 5.97 Å². The van der Waals surface area contributed by atoms with Crippen LogP contribution in [0.1, 0.15) is 31.0 Å². The fourth-order valence-corrected chi connectivity index (χ4v) is 3.02. The van der Waals surface area contributed by atoms with Crippen LogP contribution in [0.15, 0.2) is 72.0 Å². The predicted octanol–water partition coefficient (Wildman–Crippen LogP) is 3.93. The number of likely N-dealkylation sites (tertiary alicyclic amines) is 1. The molecule has 0 aliphatic carbocycles. The molecular formula is C20H21NO2. The number of nitrogens with zero attached hydrogens (tertiary/aromatic N) is 1. The van der Waals surface area contributed by atoms with Crippen molar-refractivity contribution in [3.05, 3.63) is 83.1 Å². The second kappa shape index (κ2) is 6.80. The Morgan fingerprint density at radius 3 is 1.83 bits per heavy atom. The van der Waals surface area contributed by atoms with E-state index in [1.807, 2.05) is 19.1 Å². The molecule has 2 aromatic rings. The summed E-state index contributed by atoms with van der Waals surface area (Å²) in [6.07, 6.45) is 0. The largest absolute Gasteiger partial charge is 0.432 e. The van der Waals surface area contributed by atoms with Crippen LogP contribution in [0.4, 0.5) is 0 Å². The average molecular weight is 307 g/mol. The van der Waals surface area contributed by atoms with E-state index >= 15 is 0 Å². The first-order chi connectivity index (χ1) is 11.1. The van der Waals surface area contributed by atoms with E-state index < -0.39 is 0 Å². The van der Waals surface area contributed by atoms with Gasteiger partial charge in [0, 0.05) is 20.0 Å². The number of rotatable bonds is 4. The molecule has 1 fully saturated rings. The topological polar surface area (TPSA) is 29.5 Å². The van der Waals surface area contributed by atoms with Gasteiger partial charge in [-0.3, -0.25) is 9.69 Å². The molecule has 0 unspecified atom stereocenters. The average Bonchev–Trinajstić information content (AvgIpc) is 2.51. The Hall–Kier alpha value is -2.39. The number of esters is 1. The Labute approximate surface area is 137 Å². The molecule has 0 aromatic heterocycles. The molecule has 0 saturated carbocycles.